The summed E-state index contributed by atoms with van der Waals surface area (Å²) in [6, 6.07) is 2.11. The molecule has 1 aromatic rings. The van der Waals surface area contributed by atoms with Crippen molar-refractivity contribution in [1.29, 1.82) is 0 Å². The smallest absolute Gasteiger partial charge is 0.264 e. The number of thiophene rings is 1. The summed E-state index contributed by atoms with van der Waals surface area (Å²) < 4.78 is 6.37. The van der Waals surface area contributed by atoms with Crippen molar-refractivity contribution >= 4 is 33.2 Å². The molecule has 1 unspecified atom stereocenters. The molecule has 1 fully saturated rings. The van der Waals surface area contributed by atoms with Crippen LogP contribution in [0.2, 0.25) is 0 Å². The number of rotatable bonds is 1. The van der Waals surface area contributed by atoms with Crippen molar-refractivity contribution in [3.8, 4) is 0 Å². The van der Waals surface area contributed by atoms with Gasteiger partial charge in [0, 0.05) is 6.54 Å². The quantitative estimate of drug-likeness (QED) is 0.798. The first kappa shape index (κ1) is 12.1. The molecular formula is C11H14BrNO2S. The predicted molar refractivity (Wildman–Crippen MR) is 68.1 cm³/mol. The fraction of sp³-hybridized carbons (Fsp3) is 0.545. The van der Waals surface area contributed by atoms with Gasteiger partial charge in [0.25, 0.3) is 5.91 Å². The standard InChI is InChI=1S/C11H14BrNO2S/c1-7-5-9(16-10(7)12)11(14)13-3-4-15-6-8(13)2/h5,8H,3-4,6H2,1-2H3. The van der Waals surface area contributed by atoms with Crippen LogP contribution in [0.1, 0.15) is 22.2 Å². The number of carbonyl (C=O) groups is 1. The van der Waals surface area contributed by atoms with Crippen molar-refractivity contribution in [2.45, 2.75) is 19.9 Å². The molecule has 1 amide bonds. The van der Waals surface area contributed by atoms with E-state index in [9.17, 15) is 4.79 Å². The fourth-order valence-electron chi connectivity index (χ4n) is 1.74. The zero-order valence-electron chi connectivity index (χ0n) is 9.33. The molecule has 1 atom stereocenters. The largest absolute Gasteiger partial charge is 0.377 e. The molecule has 0 aliphatic carbocycles. The van der Waals surface area contributed by atoms with Crippen LogP contribution in [-0.4, -0.2) is 36.6 Å². The normalized spacial score (nSPS) is 21.2. The molecule has 1 aromatic heterocycles. The van der Waals surface area contributed by atoms with Gasteiger partial charge in [-0.1, -0.05) is 0 Å². The van der Waals surface area contributed by atoms with E-state index in [1.165, 1.54) is 11.3 Å². The van der Waals surface area contributed by atoms with Crippen LogP contribution in [0.15, 0.2) is 9.85 Å². The molecule has 0 saturated carbocycles. The first-order chi connectivity index (χ1) is 7.59. The summed E-state index contributed by atoms with van der Waals surface area (Å²) in [6.45, 7) is 5.99. The van der Waals surface area contributed by atoms with Gasteiger partial charge in [-0.25, -0.2) is 0 Å². The molecule has 88 valence electrons. The van der Waals surface area contributed by atoms with Gasteiger partial charge in [0.05, 0.1) is 27.9 Å². The van der Waals surface area contributed by atoms with E-state index in [4.69, 9.17) is 4.74 Å². The second kappa shape index (κ2) is 4.85. The summed E-state index contributed by atoms with van der Waals surface area (Å²) in [5.74, 6) is 0.120. The zero-order valence-corrected chi connectivity index (χ0v) is 11.7. The van der Waals surface area contributed by atoms with Crippen LogP contribution in [0.3, 0.4) is 0 Å². The number of ether oxygens (including phenoxy) is 1. The number of halogens is 1. The number of hydrogen-bond donors (Lipinski definition) is 0. The van der Waals surface area contributed by atoms with Crippen molar-refractivity contribution in [2.24, 2.45) is 0 Å². The number of nitrogens with zero attached hydrogens (tertiary/aromatic N) is 1. The first-order valence-corrected chi connectivity index (χ1v) is 6.85. The number of aryl methyl sites for hydroxylation is 1. The summed E-state index contributed by atoms with van der Waals surface area (Å²) in [5, 5.41) is 0. The number of morpholine rings is 1. The SMILES string of the molecule is Cc1cc(C(=O)N2CCOCC2C)sc1Br. The Hall–Kier alpha value is -0.390. The Morgan fingerprint density at radius 3 is 3.00 bits per heavy atom. The molecule has 1 aliphatic heterocycles. The van der Waals surface area contributed by atoms with Crippen LogP contribution in [0.4, 0.5) is 0 Å². The van der Waals surface area contributed by atoms with Crippen molar-refractivity contribution in [2.75, 3.05) is 19.8 Å². The lowest BCUT2D eigenvalue weighted by Crippen LogP contribution is -2.46. The molecule has 3 nitrogen and oxygen atoms in total. The van der Waals surface area contributed by atoms with E-state index in [0.29, 0.717) is 19.8 Å². The first-order valence-electron chi connectivity index (χ1n) is 5.24. The van der Waals surface area contributed by atoms with Crippen molar-refractivity contribution < 1.29 is 9.53 Å². The number of amides is 1. The minimum atomic E-state index is 0.120. The molecule has 0 spiro atoms. The van der Waals surface area contributed by atoms with Gasteiger partial charge in [0.2, 0.25) is 0 Å². The van der Waals surface area contributed by atoms with Gasteiger partial charge in [-0.2, -0.15) is 0 Å². The van der Waals surface area contributed by atoms with E-state index in [0.717, 1.165) is 14.2 Å². The minimum Gasteiger partial charge on any atom is -0.377 e. The second-order valence-electron chi connectivity index (χ2n) is 3.99. The third kappa shape index (κ3) is 2.31. The van der Waals surface area contributed by atoms with E-state index in [2.05, 4.69) is 15.9 Å². The number of hydrogen-bond acceptors (Lipinski definition) is 3. The molecule has 2 rings (SSSR count). The van der Waals surface area contributed by atoms with Crippen molar-refractivity contribution in [3.05, 3.63) is 20.3 Å². The maximum Gasteiger partial charge on any atom is 0.264 e. The molecule has 0 bridgehead atoms. The van der Waals surface area contributed by atoms with E-state index in [1.807, 2.05) is 24.8 Å². The van der Waals surface area contributed by atoms with E-state index in [1.54, 1.807) is 0 Å². The third-order valence-electron chi connectivity index (χ3n) is 2.70. The van der Waals surface area contributed by atoms with Crippen LogP contribution >= 0.6 is 27.3 Å². The maximum atomic E-state index is 12.2. The summed E-state index contributed by atoms with van der Waals surface area (Å²) in [5.41, 5.74) is 1.12. The average molecular weight is 304 g/mol. The molecule has 16 heavy (non-hydrogen) atoms. The Morgan fingerprint density at radius 2 is 2.44 bits per heavy atom. The molecule has 2 heterocycles. The minimum absolute atomic E-state index is 0.120. The molecule has 0 radical (unpaired) electrons. The van der Waals surface area contributed by atoms with Crippen molar-refractivity contribution in [1.82, 2.24) is 4.90 Å². The van der Waals surface area contributed by atoms with Crippen LogP contribution in [0, 0.1) is 6.92 Å². The van der Waals surface area contributed by atoms with Gasteiger partial charge in [-0.15, -0.1) is 11.3 Å². The third-order valence-corrected chi connectivity index (χ3v) is 4.82. The highest BCUT2D eigenvalue weighted by molar-refractivity contribution is 9.11. The van der Waals surface area contributed by atoms with E-state index in [-0.39, 0.29) is 11.9 Å². The topological polar surface area (TPSA) is 29.5 Å². The molecule has 1 aliphatic rings. The van der Waals surface area contributed by atoms with Crippen LogP contribution in [-0.2, 0) is 4.74 Å². The van der Waals surface area contributed by atoms with Crippen molar-refractivity contribution in [3.63, 3.8) is 0 Å². The Balaban J connectivity index is 2.17. The van der Waals surface area contributed by atoms with Crippen LogP contribution in [0.25, 0.3) is 0 Å². The molecule has 5 heteroatoms. The highest BCUT2D eigenvalue weighted by Gasteiger charge is 2.26. The Labute approximate surface area is 108 Å². The lowest BCUT2D eigenvalue weighted by Gasteiger charge is -2.32. The van der Waals surface area contributed by atoms with Gasteiger partial charge in [-0.3, -0.25) is 4.79 Å². The molecule has 0 N–H and O–H groups in total. The van der Waals surface area contributed by atoms with Crippen LogP contribution < -0.4 is 0 Å². The molecule has 1 saturated heterocycles. The van der Waals surface area contributed by atoms with Crippen LogP contribution in [0.5, 0.6) is 0 Å². The van der Waals surface area contributed by atoms with Gasteiger partial charge in [0.1, 0.15) is 0 Å². The lowest BCUT2D eigenvalue weighted by atomic mass is 10.2. The Kier molecular flexibility index (Phi) is 3.66. The summed E-state index contributed by atoms with van der Waals surface area (Å²) in [4.78, 5) is 14.9. The Bertz CT molecular complexity index is 385. The summed E-state index contributed by atoms with van der Waals surface area (Å²) in [6.07, 6.45) is 0. The van der Waals surface area contributed by atoms with E-state index < -0.39 is 0 Å². The van der Waals surface area contributed by atoms with Gasteiger partial charge < -0.3 is 9.64 Å². The molecule has 0 aromatic carbocycles. The summed E-state index contributed by atoms with van der Waals surface area (Å²) >= 11 is 4.95. The average Bonchev–Trinajstić information content (AvgIpc) is 2.59. The predicted octanol–water partition coefficient (Wildman–Crippen LogP) is 2.68. The van der Waals surface area contributed by atoms with Gasteiger partial charge in [0.15, 0.2) is 0 Å². The monoisotopic (exact) mass is 303 g/mol. The van der Waals surface area contributed by atoms with E-state index >= 15 is 0 Å². The fourth-order valence-corrected chi connectivity index (χ4v) is 3.23. The summed E-state index contributed by atoms with van der Waals surface area (Å²) in [7, 11) is 0. The Morgan fingerprint density at radius 1 is 1.69 bits per heavy atom. The highest BCUT2D eigenvalue weighted by atomic mass is 79.9. The number of carbonyl (C=O) groups excluding carboxylic acids is 1. The van der Waals surface area contributed by atoms with Gasteiger partial charge >= 0.3 is 0 Å². The van der Waals surface area contributed by atoms with Gasteiger partial charge in [-0.05, 0) is 41.4 Å². The lowest BCUT2D eigenvalue weighted by molar-refractivity contribution is 0.00386. The second-order valence-corrected chi connectivity index (χ2v) is 6.36. The highest BCUT2D eigenvalue weighted by Crippen LogP contribution is 2.28. The molecular weight excluding hydrogens is 290 g/mol. The zero-order chi connectivity index (χ0) is 11.7. The maximum absolute atomic E-state index is 12.2.